The summed E-state index contributed by atoms with van der Waals surface area (Å²) in [5, 5.41) is 1.21. The Morgan fingerprint density at radius 2 is 1.64 bits per heavy atom. The highest BCUT2D eigenvalue weighted by Gasteiger charge is 2.25. The average molecular weight is 347 g/mol. The van der Waals surface area contributed by atoms with Gasteiger partial charge < -0.3 is 15.4 Å². The lowest BCUT2D eigenvalue weighted by Gasteiger charge is -2.32. The highest BCUT2D eigenvalue weighted by atomic mass is 35.5. The molecule has 0 saturated carbocycles. The van der Waals surface area contributed by atoms with E-state index in [9.17, 15) is 4.79 Å². The first kappa shape index (κ1) is 19.1. The second kappa shape index (κ2) is 8.61. The highest BCUT2D eigenvalue weighted by molar-refractivity contribution is 6.41. The fourth-order valence-electron chi connectivity index (χ4n) is 1.85. The molecule has 1 aromatic carbocycles. The Labute approximate surface area is 142 Å². The lowest BCUT2D eigenvalue weighted by Crippen LogP contribution is -2.44. The number of ether oxygens (including phenoxy) is 1. The van der Waals surface area contributed by atoms with Crippen LogP contribution in [0.2, 0.25) is 10.0 Å². The number of hydrogen-bond donors (Lipinski definition) is 1. The quantitative estimate of drug-likeness (QED) is 0.760. The molecule has 1 amide bonds. The maximum Gasteiger partial charge on any atom is 0.410 e. The summed E-state index contributed by atoms with van der Waals surface area (Å²) in [5.74, 6) is 0. The number of benzene rings is 1. The fourth-order valence-corrected chi connectivity index (χ4v) is 2.12. The molecular formula is C16H24Cl2N2O2. The summed E-state index contributed by atoms with van der Waals surface area (Å²) in [7, 11) is 0. The number of piperidine rings is 1. The van der Waals surface area contributed by atoms with Crippen LogP contribution in [0.15, 0.2) is 24.3 Å². The van der Waals surface area contributed by atoms with Crippen LogP contribution in [0.5, 0.6) is 0 Å². The molecule has 0 aromatic heterocycles. The predicted molar refractivity (Wildman–Crippen MR) is 91.5 cm³/mol. The number of halogens is 2. The number of carbonyl (C=O) groups excluding carboxylic acids is 1. The summed E-state index contributed by atoms with van der Waals surface area (Å²) in [6.07, 6.45) is 1.53. The molecule has 1 aromatic rings. The van der Waals surface area contributed by atoms with Crippen molar-refractivity contribution in [3.8, 4) is 0 Å². The van der Waals surface area contributed by atoms with E-state index in [4.69, 9.17) is 33.7 Å². The predicted octanol–water partition coefficient (Wildman–Crippen LogP) is 4.34. The molecule has 1 aliphatic rings. The lowest BCUT2D eigenvalue weighted by atomic mass is 10.1. The van der Waals surface area contributed by atoms with Gasteiger partial charge in [-0.2, -0.15) is 0 Å². The van der Waals surface area contributed by atoms with Gasteiger partial charge in [-0.05, 0) is 45.7 Å². The van der Waals surface area contributed by atoms with Crippen LogP contribution < -0.4 is 5.73 Å². The van der Waals surface area contributed by atoms with Gasteiger partial charge in [0.05, 0.1) is 10.0 Å². The Hall–Kier alpha value is -0.970. The van der Waals surface area contributed by atoms with Crippen molar-refractivity contribution >= 4 is 29.3 Å². The summed E-state index contributed by atoms with van der Waals surface area (Å²) in [6, 6.07) is 7.43. The summed E-state index contributed by atoms with van der Waals surface area (Å²) in [4.78, 5) is 13.3. The van der Waals surface area contributed by atoms with E-state index in [1.54, 1.807) is 17.0 Å². The van der Waals surface area contributed by atoms with Gasteiger partial charge in [-0.3, -0.25) is 0 Å². The van der Waals surface area contributed by atoms with E-state index in [0.29, 0.717) is 10.0 Å². The van der Waals surface area contributed by atoms with Crippen molar-refractivity contribution in [3.05, 3.63) is 34.3 Å². The molecule has 2 N–H and O–H groups in total. The fraction of sp³-hybridized carbons (Fsp3) is 0.562. The normalized spacial score (nSPS) is 15.8. The zero-order valence-electron chi connectivity index (χ0n) is 13.3. The number of likely N-dealkylation sites (tertiary alicyclic amines) is 1. The van der Waals surface area contributed by atoms with Crippen LogP contribution in [0.3, 0.4) is 0 Å². The summed E-state index contributed by atoms with van der Waals surface area (Å²) >= 11 is 11.2. The van der Waals surface area contributed by atoms with E-state index < -0.39 is 5.60 Å². The standard InChI is InChI=1S/C10H20N2O2.C6H4Cl2/c1-10(2,3)14-9(13)12-6-4-8(11)5-7-12;7-5-3-1-2-4-6(5)8/h8H,4-7,11H2,1-3H3;1-4H. The molecule has 0 bridgehead atoms. The van der Waals surface area contributed by atoms with Gasteiger partial charge in [0.1, 0.15) is 5.60 Å². The van der Waals surface area contributed by atoms with Crippen molar-refractivity contribution in [2.24, 2.45) is 5.73 Å². The first-order valence-corrected chi connectivity index (χ1v) is 8.08. The molecule has 4 nitrogen and oxygen atoms in total. The summed E-state index contributed by atoms with van der Waals surface area (Å²) in [5.41, 5.74) is 5.34. The van der Waals surface area contributed by atoms with E-state index in [1.807, 2.05) is 32.9 Å². The largest absolute Gasteiger partial charge is 0.444 e. The monoisotopic (exact) mass is 346 g/mol. The maximum atomic E-state index is 11.6. The van der Waals surface area contributed by atoms with Crippen molar-refractivity contribution in [2.45, 2.75) is 45.3 Å². The minimum absolute atomic E-state index is 0.218. The third-order valence-electron chi connectivity index (χ3n) is 3.02. The molecule has 0 spiro atoms. The van der Waals surface area contributed by atoms with Gasteiger partial charge >= 0.3 is 6.09 Å². The SMILES string of the molecule is CC(C)(C)OC(=O)N1CCC(N)CC1.Clc1ccccc1Cl. The zero-order chi connectivity index (χ0) is 16.8. The number of amides is 1. The molecule has 1 saturated heterocycles. The van der Waals surface area contributed by atoms with Gasteiger partial charge in [0.15, 0.2) is 0 Å². The Balaban J connectivity index is 0.000000255. The van der Waals surface area contributed by atoms with E-state index in [2.05, 4.69) is 0 Å². The van der Waals surface area contributed by atoms with Crippen LogP contribution in [0, 0.1) is 0 Å². The van der Waals surface area contributed by atoms with Gasteiger partial charge in [-0.25, -0.2) is 4.79 Å². The highest BCUT2D eigenvalue weighted by Crippen LogP contribution is 2.19. The minimum atomic E-state index is -0.406. The number of nitrogens with two attached hydrogens (primary N) is 1. The number of nitrogens with zero attached hydrogens (tertiary/aromatic N) is 1. The second-order valence-corrected chi connectivity index (χ2v) is 7.03. The van der Waals surface area contributed by atoms with Crippen LogP contribution in [-0.4, -0.2) is 35.7 Å². The van der Waals surface area contributed by atoms with Gasteiger partial charge in [0.25, 0.3) is 0 Å². The van der Waals surface area contributed by atoms with E-state index in [0.717, 1.165) is 25.9 Å². The van der Waals surface area contributed by atoms with Crippen LogP contribution in [0.4, 0.5) is 4.79 Å². The van der Waals surface area contributed by atoms with E-state index >= 15 is 0 Å². The molecule has 6 heteroatoms. The zero-order valence-corrected chi connectivity index (χ0v) is 14.8. The molecule has 2 rings (SSSR count). The minimum Gasteiger partial charge on any atom is -0.444 e. The van der Waals surface area contributed by atoms with Crippen LogP contribution >= 0.6 is 23.2 Å². The number of carbonyl (C=O) groups is 1. The molecule has 0 aliphatic carbocycles. The van der Waals surface area contributed by atoms with Gasteiger partial charge in [-0.1, -0.05) is 35.3 Å². The molecule has 0 radical (unpaired) electrons. The summed E-state index contributed by atoms with van der Waals surface area (Å²) in [6.45, 7) is 7.06. The number of rotatable bonds is 0. The smallest absolute Gasteiger partial charge is 0.410 e. The van der Waals surface area contributed by atoms with Crippen LogP contribution in [-0.2, 0) is 4.74 Å². The van der Waals surface area contributed by atoms with Gasteiger partial charge in [0.2, 0.25) is 0 Å². The van der Waals surface area contributed by atoms with Crippen molar-refractivity contribution < 1.29 is 9.53 Å². The Morgan fingerprint density at radius 3 is 2.00 bits per heavy atom. The second-order valence-electron chi connectivity index (χ2n) is 6.22. The van der Waals surface area contributed by atoms with Crippen LogP contribution in [0.1, 0.15) is 33.6 Å². The Morgan fingerprint density at radius 1 is 1.18 bits per heavy atom. The number of hydrogen-bond acceptors (Lipinski definition) is 3. The van der Waals surface area contributed by atoms with Crippen molar-refractivity contribution in [2.75, 3.05) is 13.1 Å². The molecular weight excluding hydrogens is 323 g/mol. The third-order valence-corrected chi connectivity index (χ3v) is 3.77. The summed E-state index contributed by atoms with van der Waals surface area (Å²) < 4.78 is 5.26. The Bertz CT molecular complexity index is 460. The van der Waals surface area contributed by atoms with Crippen molar-refractivity contribution in [3.63, 3.8) is 0 Å². The molecule has 0 atom stereocenters. The van der Waals surface area contributed by atoms with Crippen LogP contribution in [0.25, 0.3) is 0 Å². The molecule has 0 unspecified atom stereocenters. The molecule has 124 valence electrons. The third kappa shape index (κ3) is 7.34. The molecule has 1 heterocycles. The lowest BCUT2D eigenvalue weighted by molar-refractivity contribution is 0.0207. The first-order chi connectivity index (χ1) is 10.2. The first-order valence-electron chi connectivity index (χ1n) is 7.32. The average Bonchev–Trinajstić information content (AvgIpc) is 2.42. The van der Waals surface area contributed by atoms with Crippen molar-refractivity contribution in [1.82, 2.24) is 4.90 Å². The molecule has 1 fully saturated rings. The van der Waals surface area contributed by atoms with Crippen molar-refractivity contribution in [1.29, 1.82) is 0 Å². The van der Waals surface area contributed by atoms with E-state index in [1.165, 1.54) is 0 Å². The van der Waals surface area contributed by atoms with Gasteiger partial charge in [0, 0.05) is 19.1 Å². The Kier molecular flexibility index (Phi) is 7.46. The van der Waals surface area contributed by atoms with E-state index in [-0.39, 0.29) is 12.1 Å². The maximum absolute atomic E-state index is 11.6. The molecule has 22 heavy (non-hydrogen) atoms. The van der Waals surface area contributed by atoms with Gasteiger partial charge in [-0.15, -0.1) is 0 Å². The molecule has 1 aliphatic heterocycles. The topological polar surface area (TPSA) is 55.6 Å².